The lowest BCUT2D eigenvalue weighted by Crippen LogP contribution is -2.58. The van der Waals surface area contributed by atoms with E-state index in [-0.39, 0.29) is 5.25 Å². The van der Waals surface area contributed by atoms with Crippen LogP contribution in [-0.2, 0) is 4.74 Å². The number of rotatable bonds is 3. The maximum Gasteiger partial charge on any atom is 0.132 e. The van der Waals surface area contributed by atoms with E-state index in [2.05, 4.69) is 0 Å². The predicted molar refractivity (Wildman–Crippen MR) is 69.6 cm³/mol. The number of hydrogen-bond acceptors (Lipinski definition) is 7. The van der Waals surface area contributed by atoms with E-state index in [1.807, 2.05) is 0 Å². The first-order valence-electron chi connectivity index (χ1n) is 6.68. The summed E-state index contributed by atoms with van der Waals surface area (Å²) in [6.07, 6.45) is -1.63. The summed E-state index contributed by atoms with van der Waals surface area (Å²) in [6.45, 7) is -0.421. The molecule has 112 valence electrons. The molecule has 6 nitrogen and oxygen atoms in total. The molecular formula is C12H22O6S. The lowest BCUT2D eigenvalue weighted by molar-refractivity contribution is -0.205. The van der Waals surface area contributed by atoms with Gasteiger partial charge in [-0.05, 0) is 12.8 Å². The van der Waals surface area contributed by atoms with E-state index in [1.54, 1.807) is 0 Å². The molecule has 7 atom stereocenters. The van der Waals surface area contributed by atoms with Crippen LogP contribution in [0.4, 0.5) is 0 Å². The van der Waals surface area contributed by atoms with Crippen LogP contribution in [0.25, 0.3) is 0 Å². The highest BCUT2D eigenvalue weighted by Crippen LogP contribution is 2.36. The van der Waals surface area contributed by atoms with Crippen molar-refractivity contribution < 1.29 is 30.3 Å². The lowest BCUT2D eigenvalue weighted by Gasteiger charge is -2.41. The Bertz CT molecular complexity index is 289. The summed E-state index contributed by atoms with van der Waals surface area (Å²) >= 11 is 1.28. The molecule has 2 aliphatic rings. The smallest absolute Gasteiger partial charge is 0.132 e. The molecule has 7 heteroatoms. The van der Waals surface area contributed by atoms with Gasteiger partial charge in [-0.25, -0.2) is 0 Å². The molecule has 2 unspecified atom stereocenters. The average molecular weight is 294 g/mol. The Morgan fingerprint density at radius 3 is 2.26 bits per heavy atom. The third-order valence-corrected chi connectivity index (χ3v) is 5.38. The molecule has 1 aliphatic carbocycles. The fraction of sp³-hybridized carbons (Fsp3) is 1.00. The second kappa shape index (κ2) is 6.71. The summed E-state index contributed by atoms with van der Waals surface area (Å²) in [5, 5.41) is 48.3. The van der Waals surface area contributed by atoms with Crippen LogP contribution >= 0.6 is 11.8 Å². The van der Waals surface area contributed by atoms with Gasteiger partial charge in [0.1, 0.15) is 29.9 Å². The first-order chi connectivity index (χ1) is 9.04. The first-order valence-corrected chi connectivity index (χ1v) is 7.63. The molecule has 19 heavy (non-hydrogen) atoms. The second-order valence-electron chi connectivity index (χ2n) is 5.22. The number of aliphatic hydroxyl groups excluding tert-OH is 5. The van der Waals surface area contributed by atoms with Gasteiger partial charge in [-0.2, -0.15) is 0 Å². The van der Waals surface area contributed by atoms with Gasteiger partial charge in [0.15, 0.2) is 0 Å². The van der Waals surface area contributed by atoms with Crippen LogP contribution in [0, 0.1) is 0 Å². The van der Waals surface area contributed by atoms with Gasteiger partial charge in [-0.1, -0.05) is 12.8 Å². The molecule has 0 spiro atoms. The van der Waals surface area contributed by atoms with E-state index in [4.69, 9.17) is 9.84 Å². The van der Waals surface area contributed by atoms with Crippen molar-refractivity contribution in [2.45, 2.75) is 66.9 Å². The maximum atomic E-state index is 9.92. The molecule has 0 aromatic rings. The summed E-state index contributed by atoms with van der Waals surface area (Å²) in [5.74, 6) is 0. The fourth-order valence-electron chi connectivity index (χ4n) is 2.59. The van der Waals surface area contributed by atoms with Gasteiger partial charge in [-0.3, -0.25) is 0 Å². The highest BCUT2D eigenvalue weighted by molar-refractivity contribution is 8.00. The highest BCUT2D eigenvalue weighted by Gasteiger charge is 2.45. The van der Waals surface area contributed by atoms with Crippen molar-refractivity contribution in [2.75, 3.05) is 6.61 Å². The first kappa shape index (κ1) is 15.5. The Balaban J connectivity index is 1.98. The summed E-state index contributed by atoms with van der Waals surface area (Å²) in [5.41, 5.74) is -0.742. The molecule has 0 aromatic heterocycles. The standard InChI is InChI=1S/C12H22O6S/c13-5-7-9(15)10(16)11(17)12(18-7)19-8-4-2-1-3-6(8)14/h6-17H,1-5H2/t6?,7-,8?,9+,10+,11-,12+/m1/s1. The zero-order valence-corrected chi connectivity index (χ0v) is 11.4. The van der Waals surface area contributed by atoms with Gasteiger partial charge in [0, 0.05) is 5.25 Å². The summed E-state index contributed by atoms with van der Waals surface area (Å²) in [6, 6.07) is 0. The molecule has 5 N–H and O–H groups in total. The topological polar surface area (TPSA) is 110 Å². The van der Waals surface area contributed by atoms with E-state index < -0.39 is 42.6 Å². The monoisotopic (exact) mass is 294 g/mol. The van der Waals surface area contributed by atoms with Crippen molar-refractivity contribution in [3.05, 3.63) is 0 Å². The molecular weight excluding hydrogens is 272 g/mol. The normalized spacial score (nSPS) is 48.2. The maximum absolute atomic E-state index is 9.92. The van der Waals surface area contributed by atoms with Crippen molar-refractivity contribution in [1.82, 2.24) is 0 Å². The molecule has 2 fully saturated rings. The zero-order valence-electron chi connectivity index (χ0n) is 10.6. The molecule has 1 aliphatic heterocycles. The number of thioether (sulfide) groups is 1. The van der Waals surface area contributed by atoms with E-state index in [0.717, 1.165) is 25.7 Å². The number of ether oxygens (including phenoxy) is 1. The Morgan fingerprint density at radius 1 is 0.947 bits per heavy atom. The quantitative estimate of drug-likeness (QED) is 0.446. The number of aliphatic hydroxyl groups is 5. The SMILES string of the molecule is OC[C@H]1O[C@@H](SC2CCCCC2O)[C@H](O)[C@@H](O)[C@H]1O. The van der Waals surface area contributed by atoms with Crippen molar-refractivity contribution in [2.24, 2.45) is 0 Å². The molecule has 1 saturated heterocycles. The van der Waals surface area contributed by atoms with E-state index in [0.29, 0.717) is 0 Å². The van der Waals surface area contributed by atoms with Gasteiger partial charge in [0.25, 0.3) is 0 Å². The Morgan fingerprint density at radius 2 is 1.63 bits per heavy atom. The fourth-order valence-corrected chi connectivity index (χ4v) is 4.08. The van der Waals surface area contributed by atoms with Crippen molar-refractivity contribution in [3.63, 3.8) is 0 Å². The summed E-state index contributed by atoms with van der Waals surface area (Å²) in [4.78, 5) is 0. The summed E-state index contributed by atoms with van der Waals surface area (Å²) < 4.78 is 5.42. The molecule has 0 bridgehead atoms. The third-order valence-electron chi connectivity index (χ3n) is 3.83. The van der Waals surface area contributed by atoms with Crippen LogP contribution in [0.15, 0.2) is 0 Å². The van der Waals surface area contributed by atoms with Crippen LogP contribution in [-0.4, -0.2) is 73.3 Å². The molecule has 0 aromatic carbocycles. The molecule has 2 rings (SSSR count). The predicted octanol–water partition coefficient (Wildman–Crippen LogP) is -1.18. The molecule has 1 saturated carbocycles. The van der Waals surface area contributed by atoms with Crippen LogP contribution in [0.2, 0.25) is 0 Å². The van der Waals surface area contributed by atoms with Crippen molar-refractivity contribution >= 4 is 11.8 Å². The highest BCUT2D eigenvalue weighted by atomic mass is 32.2. The van der Waals surface area contributed by atoms with Gasteiger partial charge in [-0.15, -0.1) is 11.8 Å². The third kappa shape index (κ3) is 3.41. The zero-order chi connectivity index (χ0) is 14.0. The summed E-state index contributed by atoms with van der Waals surface area (Å²) in [7, 11) is 0. The van der Waals surface area contributed by atoms with Crippen LogP contribution in [0.5, 0.6) is 0 Å². The largest absolute Gasteiger partial charge is 0.394 e. The van der Waals surface area contributed by atoms with Crippen molar-refractivity contribution in [1.29, 1.82) is 0 Å². The lowest BCUT2D eigenvalue weighted by atomic mass is 9.97. The number of hydrogen-bond donors (Lipinski definition) is 5. The minimum absolute atomic E-state index is 0.0461. The van der Waals surface area contributed by atoms with Gasteiger partial charge < -0.3 is 30.3 Å². The minimum Gasteiger partial charge on any atom is -0.394 e. The van der Waals surface area contributed by atoms with E-state index in [9.17, 15) is 20.4 Å². The van der Waals surface area contributed by atoms with Gasteiger partial charge in [0.05, 0.1) is 12.7 Å². The second-order valence-corrected chi connectivity index (χ2v) is 6.57. The Kier molecular flexibility index (Phi) is 5.47. The Labute approximate surface area is 116 Å². The average Bonchev–Trinajstić information content (AvgIpc) is 2.41. The van der Waals surface area contributed by atoms with Crippen LogP contribution in [0.1, 0.15) is 25.7 Å². The Hall–Kier alpha value is 0.110. The van der Waals surface area contributed by atoms with E-state index in [1.165, 1.54) is 11.8 Å². The van der Waals surface area contributed by atoms with Crippen LogP contribution < -0.4 is 0 Å². The van der Waals surface area contributed by atoms with E-state index >= 15 is 0 Å². The van der Waals surface area contributed by atoms with Crippen molar-refractivity contribution in [3.8, 4) is 0 Å². The molecule has 0 radical (unpaired) electrons. The minimum atomic E-state index is -1.34. The van der Waals surface area contributed by atoms with Crippen LogP contribution in [0.3, 0.4) is 0 Å². The molecule has 0 amide bonds. The van der Waals surface area contributed by atoms with Gasteiger partial charge in [0.2, 0.25) is 0 Å². The van der Waals surface area contributed by atoms with Gasteiger partial charge >= 0.3 is 0 Å². The molecule has 1 heterocycles.